The summed E-state index contributed by atoms with van der Waals surface area (Å²) < 4.78 is 45.7. The first-order valence-corrected chi connectivity index (χ1v) is 7.66. The second kappa shape index (κ2) is 5.76. The van der Waals surface area contributed by atoms with Gasteiger partial charge in [-0.15, -0.1) is 0 Å². The fourth-order valence-electron chi connectivity index (χ4n) is 2.41. The Morgan fingerprint density at radius 3 is 2.50 bits per heavy atom. The number of fused-ring (bicyclic) bond motifs is 1. The van der Waals surface area contributed by atoms with Crippen LogP contribution in [0.25, 0.3) is 0 Å². The van der Waals surface area contributed by atoms with Crippen LogP contribution in [0.5, 0.6) is 0 Å². The third-order valence-corrected chi connectivity index (χ3v) is 3.77. The predicted octanol–water partition coefficient (Wildman–Crippen LogP) is 5.07. The second-order valence-corrected chi connectivity index (χ2v) is 7.14. The molecule has 1 heterocycles. The molecule has 0 aliphatic carbocycles. The maximum absolute atomic E-state index is 13.3. The van der Waals surface area contributed by atoms with E-state index >= 15 is 0 Å². The first-order chi connectivity index (χ1) is 9.99. The fraction of sp³-hybridized carbons (Fsp3) is 0.533. The van der Waals surface area contributed by atoms with E-state index in [0.717, 1.165) is 4.90 Å². The molecule has 1 aliphatic rings. The maximum Gasteiger partial charge on any atom is 0.415 e. The predicted molar refractivity (Wildman–Crippen MR) is 81.0 cm³/mol. The molecule has 0 fully saturated rings. The molecular formula is C15H17BrF3NO2. The van der Waals surface area contributed by atoms with Gasteiger partial charge in [-0.25, -0.2) is 4.79 Å². The van der Waals surface area contributed by atoms with Gasteiger partial charge in [0.2, 0.25) is 0 Å². The summed E-state index contributed by atoms with van der Waals surface area (Å²) in [7, 11) is 0. The number of ether oxygens (including phenoxy) is 1. The minimum Gasteiger partial charge on any atom is -0.443 e. The minimum atomic E-state index is -4.50. The van der Waals surface area contributed by atoms with Gasteiger partial charge >= 0.3 is 12.3 Å². The monoisotopic (exact) mass is 379 g/mol. The van der Waals surface area contributed by atoms with Gasteiger partial charge in [0, 0.05) is 4.47 Å². The lowest BCUT2D eigenvalue weighted by molar-refractivity contribution is -0.150. The van der Waals surface area contributed by atoms with Crippen molar-refractivity contribution in [2.24, 2.45) is 0 Å². The largest absolute Gasteiger partial charge is 0.443 e. The van der Waals surface area contributed by atoms with E-state index in [4.69, 9.17) is 4.74 Å². The first kappa shape index (κ1) is 17.1. The topological polar surface area (TPSA) is 29.5 Å². The summed E-state index contributed by atoms with van der Waals surface area (Å²) in [5, 5.41) is 0. The van der Waals surface area contributed by atoms with E-state index in [1.807, 2.05) is 0 Å². The zero-order valence-corrected chi connectivity index (χ0v) is 14.1. The van der Waals surface area contributed by atoms with Crippen LogP contribution in [-0.2, 0) is 11.2 Å². The molecule has 1 atom stereocenters. The molecule has 1 unspecified atom stereocenters. The molecule has 1 amide bonds. The minimum absolute atomic E-state index is 0.169. The molecule has 0 radical (unpaired) electrons. The summed E-state index contributed by atoms with van der Waals surface area (Å²) >= 11 is 3.24. The highest BCUT2D eigenvalue weighted by molar-refractivity contribution is 9.10. The van der Waals surface area contributed by atoms with E-state index in [-0.39, 0.29) is 18.5 Å². The summed E-state index contributed by atoms with van der Waals surface area (Å²) in [4.78, 5) is 13.1. The van der Waals surface area contributed by atoms with Crippen molar-refractivity contribution in [2.75, 3.05) is 4.90 Å². The van der Waals surface area contributed by atoms with Crippen LogP contribution < -0.4 is 4.90 Å². The van der Waals surface area contributed by atoms with Crippen LogP contribution in [0.2, 0.25) is 0 Å². The van der Waals surface area contributed by atoms with Crippen molar-refractivity contribution in [3.05, 3.63) is 28.2 Å². The lowest BCUT2D eigenvalue weighted by atomic mass is 9.96. The Labute approximate surface area is 135 Å². The number of alkyl halides is 3. The van der Waals surface area contributed by atoms with Gasteiger partial charge in [0.25, 0.3) is 0 Å². The van der Waals surface area contributed by atoms with Crippen molar-refractivity contribution in [3.8, 4) is 0 Å². The molecule has 1 aliphatic heterocycles. The zero-order chi connectivity index (χ0) is 16.7. The van der Waals surface area contributed by atoms with E-state index in [1.165, 1.54) is 6.07 Å². The van der Waals surface area contributed by atoms with E-state index in [2.05, 4.69) is 15.9 Å². The Kier molecular flexibility index (Phi) is 4.48. The van der Waals surface area contributed by atoms with Crippen LogP contribution in [0.1, 0.15) is 32.8 Å². The lowest BCUT2D eigenvalue weighted by Gasteiger charge is -2.38. The van der Waals surface area contributed by atoms with E-state index < -0.39 is 23.9 Å². The molecule has 122 valence electrons. The van der Waals surface area contributed by atoms with Crippen molar-refractivity contribution in [2.45, 2.75) is 51.4 Å². The number of aryl methyl sites for hydroxylation is 1. The summed E-state index contributed by atoms with van der Waals surface area (Å²) in [5.41, 5.74) is 0.0865. The van der Waals surface area contributed by atoms with Crippen molar-refractivity contribution in [3.63, 3.8) is 0 Å². The van der Waals surface area contributed by atoms with Crippen LogP contribution in [0, 0.1) is 0 Å². The van der Waals surface area contributed by atoms with Gasteiger partial charge in [-0.05, 0) is 51.3 Å². The standard InChI is InChI=1S/C15H17BrF3NO2/c1-14(2,3)22-13(21)20-11-8-10(16)6-4-9(11)5-7-12(20)15(17,18)19/h4,6,8,12H,5,7H2,1-3H3. The van der Waals surface area contributed by atoms with Crippen molar-refractivity contribution in [1.29, 1.82) is 0 Å². The van der Waals surface area contributed by atoms with Gasteiger partial charge in [0.1, 0.15) is 11.6 Å². The molecule has 0 spiro atoms. The molecule has 1 aromatic rings. The number of carbonyl (C=O) groups excluding carboxylic acids is 1. The average Bonchev–Trinajstić information content (AvgIpc) is 2.33. The molecule has 3 nitrogen and oxygen atoms in total. The third-order valence-electron chi connectivity index (χ3n) is 3.27. The van der Waals surface area contributed by atoms with Gasteiger partial charge in [0.15, 0.2) is 0 Å². The lowest BCUT2D eigenvalue weighted by Crippen LogP contribution is -2.53. The highest BCUT2D eigenvalue weighted by atomic mass is 79.9. The number of rotatable bonds is 0. The highest BCUT2D eigenvalue weighted by Crippen LogP contribution is 2.40. The third kappa shape index (κ3) is 3.74. The van der Waals surface area contributed by atoms with Crippen LogP contribution >= 0.6 is 15.9 Å². The van der Waals surface area contributed by atoms with E-state index in [0.29, 0.717) is 10.0 Å². The summed E-state index contributed by atoms with van der Waals surface area (Å²) in [6, 6.07) is 3.13. The molecule has 2 rings (SSSR count). The number of amides is 1. The Hall–Kier alpha value is -1.24. The van der Waals surface area contributed by atoms with Gasteiger partial charge in [-0.2, -0.15) is 13.2 Å². The van der Waals surface area contributed by atoms with Crippen molar-refractivity contribution >= 4 is 27.7 Å². The van der Waals surface area contributed by atoms with Crippen LogP contribution in [0.4, 0.5) is 23.7 Å². The van der Waals surface area contributed by atoms with Gasteiger partial charge in [-0.1, -0.05) is 22.0 Å². The number of hydrogen-bond acceptors (Lipinski definition) is 2. The number of anilines is 1. The fourth-order valence-corrected chi connectivity index (χ4v) is 2.76. The van der Waals surface area contributed by atoms with Crippen molar-refractivity contribution < 1.29 is 22.7 Å². The second-order valence-electron chi connectivity index (χ2n) is 6.22. The molecule has 0 aromatic heterocycles. The van der Waals surface area contributed by atoms with Crippen LogP contribution in [0.3, 0.4) is 0 Å². The molecule has 0 saturated heterocycles. The molecular weight excluding hydrogens is 363 g/mol. The molecule has 1 aromatic carbocycles. The van der Waals surface area contributed by atoms with Crippen LogP contribution in [0.15, 0.2) is 22.7 Å². The Morgan fingerprint density at radius 1 is 1.32 bits per heavy atom. The first-order valence-electron chi connectivity index (χ1n) is 6.86. The number of hydrogen-bond donors (Lipinski definition) is 0. The Morgan fingerprint density at radius 2 is 1.95 bits per heavy atom. The molecule has 0 saturated carbocycles. The van der Waals surface area contributed by atoms with E-state index in [9.17, 15) is 18.0 Å². The SMILES string of the molecule is CC(C)(C)OC(=O)N1c2cc(Br)ccc2CCC1C(F)(F)F. The number of nitrogens with zero attached hydrogens (tertiary/aromatic N) is 1. The maximum atomic E-state index is 13.3. The smallest absolute Gasteiger partial charge is 0.415 e. The Bertz CT molecular complexity index is 581. The number of halogens is 4. The quantitative estimate of drug-likeness (QED) is 0.629. The highest BCUT2D eigenvalue weighted by Gasteiger charge is 2.49. The van der Waals surface area contributed by atoms with Crippen molar-refractivity contribution in [1.82, 2.24) is 0 Å². The number of benzene rings is 1. The van der Waals surface area contributed by atoms with Gasteiger partial charge in [0.05, 0.1) is 5.69 Å². The molecule has 0 bridgehead atoms. The molecule has 22 heavy (non-hydrogen) atoms. The summed E-state index contributed by atoms with van der Waals surface area (Å²) in [5.74, 6) is 0. The van der Waals surface area contributed by atoms with Crippen LogP contribution in [-0.4, -0.2) is 23.9 Å². The van der Waals surface area contributed by atoms with Gasteiger partial charge in [-0.3, -0.25) is 4.90 Å². The molecule has 7 heteroatoms. The van der Waals surface area contributed by atoms with E-state index in [1.54, 1.807) is 32.9 Å². The summed E-state index contributed by atoms with van der Waals surface area (Å²) in [6.07, 6.45) is -5.38. The molecule has 0 N–H and O–H groups in total. The summed E-state index contributed by atoms with van der Waals surface area (Å²) in [6.45, 7) is 4.87. The van der Waals surface area contributed by atoms with Gasteiger partial charge < -0.3 is 4.74 Å². The Balaban J connectivity index is 2.47. The number of carbonyl (C=O) groups is 1. The average molecular weight is 380 g/mol. The normalized spacial score (nSPS) is 18.9. The zero-order valence-electron chi connectivity index (χ0n) is 12.5.